The van der Waals surface area contributed by atoms with Crippen LogP contribution in [0.25, 0.3) is 11.1 Å². The fourth-order valence-corrected chi connectivity index (χ4v) is 6.96. The molecule has 2 fully saturated rings. The minimum atomic E-state index is -4.43. The van der Waals surface area contributed by atoms with Crippen molar-refractivity contribution in [3.8, 4) is 11.1 Å². The third kappa shape index (κ3) is 5.78. The fourth-order valence-electron chi connectivity index (χ4n) is 5.17. The van der Waals surface area contributed by atoms with E-state index in [1.165, 1.54) is 6.07 Å². The van der Waals surface area contributed by atoms with E-state index in [9.17, 15) is 21.6 Å². The van der Waals surface area contributed by atoms with Crippen LogP contribution in [0.15, 0.2) is 65.8 Å². The summed E-state index contributed by atoms with van der Waals surface area (Å²) in [6, 6.07) is 13.3. The summed E-state index contributed by atoms with van der Waals surface area (Å²) < 4.78 is 64.9. The van der Waals surface area contributed by atoms with Gasteiger partial charge in [0.1, 0.15) is 11.6 Å². The average molecular weight is 546 g/mol. The number of nitrogens with one attached hydrogen (secondary N) is 1. The Hall–Kier alpha value is -3.18. The molecule has 3 aromatic rings. The van der Waals surface area contributed by atoms with Crippen LogP contribution < -0.4 is 16.0 Å². The van der Waals surface area contributed by atoms with Crippen LogP contribution >= 0.6 is 0 Å². The topological polar surface area (TPSA) is 101 Å². The number of nitrogens with two attached hydrogens (primary N) is 1. The molecular weight excluding hydrogens is 515 g/mol. The van der Waals surface area contributed by atoms with Crippen molar-refractivity contribution >= 4 is 21.5 Å². The molecule has 0 amide bonds. The highest BCUT2D eigenvalue weighted by Gasteiger charge is 2.33. The molecule has 2 aromatic heterocycles. The Morgan fingerprint density at radius 2 is 1.66 bits per heavy atom. The molecule has 3 heterocycles. The smallest absolute Gasteiger partial charge is 0.367 e. The second-order valence-electron chi connectivity index (χ2n) is 10.0. The van der Waals surface area contributed by atoms with Crippen molar-refractivity contribution in [3.63, 3.8) is 0 Å². The monoisotopic (exact) mass is 545 g/mol. The van der Waals surface area contributed by atoms with Crippen LogP contribution in [0, 0.1) is 0 Å². The van der Waals surface area contributed by atoms with Gasteiger partial charge in [0.05, 0.1) is 15.7 Å². The van der Waals surface area contributed by atoms with Crippen LogP contribution in [0.1, 0.15) is 37.7 Å². The van der Waals surface area contributed by atoms with E-state index in [0.717, 1.165) is 48.7 Å². The first-order valence-electron chi connectivity index (χ1n) is 12.7. The Balaban J connectivity index is 1.20. The van der Waals surface area contributed by atoms with Crippen molar-refractivity contribution in [2.75, 3.05) is 23.3 Å². The molecule has 1 saturated carbocycles. The summed E-state index contributed by atoms with van der Waals surface area (Å²) in [4.78, 5) is 10.8. The third-order valence-electron chi connectivity index (χ3n) is 7.37. The highest BCUT2D eigenvalue weighted by atomic mass is 32.2. The summed E-state index contributed by atoms with van der Waals surface area (Å²) in [6.07, 6.45) is 1.17. The molecule has 1 unspecified atom stereocenters. The quantitative estimate of drug-likeness (QED) is 0.455. The number of rotatable bonds is 6. The lowest BCUT2D eigenvalue weighted by atomic mass is 9.95. The first-order chi connectivity index (χ1) is 18.1. The zero-order valence-electron chi connectivity index (χ0n) is 20.7. The number of nitrogens with zero attached hydrogens (tertiary/aromatic N) is 3. The Bertz CT molecular complexity index is 1360. The Morgan fingerprint density at radius 1 is 0.921 bits per heavy atom. The van der Waals surface area contributed by atoms with Crippen molar-refractivity contribution < 1.29 is 21.6 Å². The van der Waals surface area contributed by atoms with Gasteiger partial charge >= 0.3 is 6.18 Å². The lowest BCUT2D eigenvalue weighted by Crippen LogP contribution is -2.33. The van der Waals surface area contributed by atoms with Crippen molar-refractivity contribution in [1.82, 2.24) is 9.97 Å². The predicted octanol–water partition coefficient (Wildman–Crippen LogP) is 4.90. The van der Waals surface area contributed by atoms with Crippen molar-refractivity contribution in [2.24, 2.45) is 5.73 Å². The summed E-state index contributed by atoms with van der Waals surface area (Å²) in [5.74, 6) is 1.22. The maximum absolute atomic E-state index is 13.3. The van der Waals surface area contributed by atoms with E-state index in [4.69, 9.17) is 5.73 Å². The highest BCUT2D eigenvalue weighted by Crippen LogP contribution is 2.33. The maximum atomic E-state index is 13.3. The number of anilines is 2. The average Bonchev–Trinajstić information content (AvgIpc) is 3.35. The Morgan fingerprint density at radius 3 is 2.26 bits per heavy atom. The molecule has 3 N–H and O–H groups in total. The molecule has 2 aliphatic rings. The molecule has 11 heteroatoms. The van der Waals surface area contributed by atoms with Crippen LogP contribution in [0.2, 0.25) is 0 Å². The van der Waals surface area contributed by atoms with Crippen LogP contribution in [0.5, 0.6) is 0 Å². The largest absolute Gasteiger partial charge is 0.417 e. The minimum Gasteiger partial charge on any atom is -0.367 e. The molecular formula is C27H30F3N5O2S. The van der Waals surface area contributed by atoms with Crippen molar-refractivity contribution in [3.05, 3.63) is 66.5 Å². The van der Waals surface area contributed by atoms with Crippen molar-refractivity contribution in [1.29, 1.82) is 0 Å². The van der Waals surface area contributed by atoms with Gasteiger partial charge in [-0.25, -0.2) is 18.4 Å². The zero-order valence-corrected chi connectivity index (χ0v) is 21.5. The van der Waals surface area contributed by atoms with Gasteiger partial charge in [-0.2, -0.15) is 13.2 Å². The molecule has 1 aromatic carbocycles. The number of sulfone groups is 1. The van der Waals surface area contributed by atoms with E-state index in [-0.39, 0.29) is 12.1 Å². The lowest BCUT2D eigenvalue weighted by molar-refractivity contribution is -0.137. The van der Waals surface area contributed by atoms with Gasteiger partial charge in [-0.05, 0) is 79.6 Å². The molecule has 1 aliphatic carbocycles. The molecule has 0 spiro atoms. The Labute approximate surface area is 220 Å². The van der Waals surface area contributed by atoms with E-state index in [0.29, 0.717) is 36.4 Å². The van der Waals surface area contributed by atoms with Crippen LogP contribution in [-0.2, 0) is 16.0 Å². The number of halogens is 3. The highest BCUT2D eigenvalue weighted by molar-refractivity contribution is 7.92. The molecule has 0 bridgehead atoms. The maximum Gasteiger partial charge on any atom is 0.417 e. The van der Waals surface area contributed by atoms with Gasteiger partial charge in [-0.15, -0.1) is 0 Å². The van der Waals surface area contributed by atoms with E-state index in [1.807, 2.05) is 24.3 Å². The van der Waals surface area contributed by atoms with E-state index in [2.05, 4.69) is 20.2 Å². The number of alkyl halides is 3. The molecule has 1 atom stereocenters. The third-order valence-corrected chi connectivity index (χ3v) is 9.64. The number of benzene rings is 1. The number of aromatic nitrogens is 2. The standard InChI is InChI=1S/C27H30F3N5O2S/c28-27(29,30)20-3-10-25(33-16-20)34-22-4-8-24(9-5-22)38(36,37)23-6-1-18(2-7-23)19-11-13-32-26(15-19)35-14-12-21(31)17-35/h1-3,6-7,10-11,13,15-16,21-22,24H,4-5,8-9,12,14,17,31H2,(H,33,34)/t21?,22-,24-. The molecule has 5 rings (SSSR count). The number of hydrogen-bond acceptors (Lipinski definition) is 7. The van der Waals surface area contributed by atoms with Gasteiger partial charge < -0.3 is 16.0 Å². The fraction of sp³-hybridized carbons (Fsp3) is 0.407. The van der Waals surface area contributed by atoms with Crippen LogP contribution in [0.3, 0.4) is 0 Å². The first kappa shape index (κ1) is 26.4. The summed E-state index contributed by atoms with van der Waals surface area (Å²) in [5.41, 5.74) is 7.09. The van der Waals surface area contributed by atoms with Crippen LogP contribution in [-0.4, -0.2) is 48.8 Å². The van der Waals surface area contributed by atoms with Gasteiger partial charge in [-0.3, -0.25) is 0 Å². The van der Waals surface area contributed by atoms with Crippen molar-refractivity contribution in [2.45, 2.75) is 60.5 Å². The molecule has 1 aliphatic heterocycles. The lowest BCUT2D eigenvalue weighted by Gasteiger charge is -2.29. The summed E-state index contributed by atoms with van der Waals surface area (Å²) >= 11 is 0. The normalized spacial score (nSPS) is 22.4. The first-order valence-corrected chi connectivity index (χ1v) is 14.2. The van der Waals surface area contributed by atoms with Gasteiger partial charge in [-0.1, -0.05) is 12.1 Å². The zero-order chi connectivity index (χ0) is 26.9. The molecule has 1 saturated heterocycles. The summed E-state index contributed by atoms with van der Waals surface area (Å²) in [6.45, 7) is 1.64. The van der Waals surface area contributed by atoms with Gasteiger partial charge in [0.2, 0.25) is 0 Å². The van der Waals surface area contributed by atoms with E-state index < -0.39 is 26.8 Å². The minimum absolute atomic E-state index is 0.0425. The summed E-state index contributed by atoms with van der Waals surface area (Å²) in [5, 5.41) is 2.63. The van der Waals surface area contributed by atoms with Crippen LogP contribution in [0.4, 0.5) is 24.8 Å². The van der Waals surface area contributed by atoms with E-state index >= 15 is 0 Å². The number of hydrogen-bond donors (Lipinski definition) is 2. The molecule has 202 valence electrons. The van der Waals surface area contributed by atoms with Gasteiger partial charge in [0.15, 0.2) is 9.84 Å². The Kier molecular flexibility index (Phi) is 7.32. The van der Waals surface area contributed by atoms with Gasteiger partial charge in [0, 0.05) is 37.6 Å². The van der Waals surface area contributed by atoms with E-state index in [1.54, 1.807) is 18.3 Å². The summed E-state index contributed by atoms with van der Waals surface area (Å²) in [7, 11) is -3.51. The number of pyridine rings is 2. The SMILES string of the molecule is NC1CCN(c2cc(-c3ccc(S(=O)(=O)[C@H]4CC[C@H](Nc5ccc(C(F)(F)F)cn5)CC4)cc3)ccn2)C1. The molecule has 38 heavy (non-hydrogen) atoms. The second-order valence-corrected chi connectivity index (χ2v) is 12.2. The molecule has 7 nitrogen and oxygen atoms in total. The van der Waals surface area contributed by atoms with Gasteiger partial charge in [0.25, 0.3) is 0 Å². The second kappa shape index (κ2) is 10.5. The molecule has 0 radical (unpaired) electrons. The predicted molar refractivity (Wildman–Crippen MR) is 141 cm³/mol.